The minimum Gasteiger partial charge on any atom is -0.468 e. The Morgan fingerprint density at radius 1 is 0.568 bits per heavy atom. The third-order valence-electron chi connectivity index (χ3n) is 18.7. The van der Waals surface area contributed by atoms with Crippen molar-refractivity contribution in [2.24, 2.45) is 16.7 Å². The number of allylic oxidation sites excluding steroid dienone is 3. The first-order valence-corrected chi connectivity index (χ1v) is 27.8. The molecule has 378 valence electrons. The van der Waals surface area contributed by atoms with Crippen LogP contribution >= 0.6 is 0 Å². The molecule has 1 unspecified atom stereocenters. The van der Waals surface area contributed by atoms with Crippen molar-refractivity contribution in [3.63, 3.8) is 0 Å². The van der Waals surface area contributed by atoms with Crippen LogP contribution in [0.25, 0.3) is 11.0 Å². The molecule has 7 aromatic rings. The largest absolute Gasteiger partial charge is 0.468 e. The molecule has 2 aliphatic heterocycles. The Hall–Kier alpha value is -6.20. The van der Waals surface area contributed by atoms with E-state index in [1.165, 1.54) is 86.2 Å². The lowest BCUT2D eigenvalue weighted by molar-refractivity contribution is 0.122. The van der Waals surface area contributed by atoms with E-state index in [1.807, 2.05) is 0 Å². The van der Waals surface area contributed by atoms with Gasteiger partial charge in [0, 0.05) is 45.2 Å². The second kappa shape index (κ2) is 16.4. The minimum absolute atomic E-state index is 0.000286. The number of rotatable bonds is 5. The summed E-state index contributed by atoms with van der Waals surface area (Å²) in [5, 5.41) is 1.17. The zero-order valence-corrected chi connectivity index (χ0v) is 47.1. The maximum absolute atomic E-state index is 7.60. The Morgan fingerprint density at radius 3 is 1.72 bits per heavy atom. The maximum atomic E-state index is 7.60. The minimum atomic E-state index is -0.111. The number of aryl methyl sites for hydroxylation is 1. The SMILES string of the molecule is Cc1cc2c(cc1N1C3=C(CC4C(=C3)C(C)(C)CCC4(C)C)B3c4oc5ccc(C(C)(C)C)cc5c4N(c4ccc(C(C)(C)C)cc4)c4cc(N(c5ccccc5)c5ccccc5)cc1c43)C(C)(C)CCC2(C)C. The van der Waals surface area contributed by atoms with Crippen molar-refractivity contribution in [1.82, 2.24) is 0 Å². The molecule has 6 aromatic carbocycles. The van der Waals surface area contributed by atoms with Crippen LogP contribution in [-0.4, -0.2) is 6.71 Å². The van der Waals surface area contributed by atoms with E-state index in [4.69, 9.17) is 4.42 Å². The molecule has 12 rings (SSSR count). The molecule has 5 aliphatic rings. The van der Waals surface area contributed by atoms with Crippen molar-refractivity contribution >= 4 is 74.3 Å². The number of hydrogen-bond acceptors (Lipinski definition) is 4. The molecule has 0 spiro atoms. The Labute approximate surface area is 443 Å². The third-order valence-corrected chi connectivity index (χ3v) is 18.7. The molecular formula is C69H78BN3O. The fourth-order valence-electron chi connectivity index (χ4n) is 13.9. The van der Waals surface area contributed by atoms with E-state index in [0.29, 0.717) is 5.92 Å². The quantitative estimate of drug-likeness (QED) is 0.160. The van der Waals surface area contributed by atoms with Crippen LogP contribution < -0.4 is 25.8 Å². The molecule has 1 saturated carbocycles. The van der Waals surface area contributed by atoms with Crippen molar-refractivity contribution in [3.05, 3.63) is 178 Å². The molecule has 1 atom stereocenters. The summed E-state index contributed by atoms with van der Waals surface area (Å²) in [6, 6.07) is 48.7. The zero-order valence-electron chi connectivity index (χ0n) is 47.1. The smallest absolute Gasteiger partial charge is 0.293 e. The van der Waals surface area contributed by atoms with Crippen LogP contribution in [0.1, 0.15) is 157 Å². The first-order chi connectivity index (χ1) is 34.8. The standard InChI is InChI=1S/C69H78BN3O/c1-43-36-51-53(68(12,13)34-32-66(51,8)9)41-56(43)73-57-42-54-52(67(10,11)33-35-69(54,14)15)40-55(57)70-61-58(38-49(39-59(61)73)71(46-22-18-16-19-23-46)47-24-20-17-21-25-47)72(48-29-26-44(27-30-48)64(2,3)4)62-50-37-45(65(5,6)7)28-31-60(50)74-63(62)70/h16-31,36-39,41-42,52H,32-35,40H2,1-15H3. The van der Waals surface area contributed by atoms with Gasteiger partial charge in [0.05, 0.1) is 17.0 Å². The van der Waals surface area contributed by atoms with Crippen molar-refractivity contribution in [3.8, 4) is 0 Å². The highest BCUT2D eigenvalue weighted by atomic mass is 16.3. The number of benzene rings is 6. The lowest BCUT2D eigenvalue weighted by Gasteiger charge is -2.53. The third kappa shape index (κ3) is 7.59. The second-order valence-electron chi connectivity index (χ2n) is 27.7. The number of fused-ring (bicyclic) bond motifs is 7. The van der Waals surface area contributed by atoms with Crippen molar-refractivity contribution < 1.29 is 4.42 Å². The van der Waals surface area contributed by atoms with Gasteiger partial charge in [-0.1, -0.05) is 169 Å². The van der Waals surface area contributed by atoms with Crippen LogP contribution in [0.3, 0.4) is 0 Å². The number of nitrogens with zero attached hydrogens (tertiary/aromatic N) is 3. The van der Waals surface area contributed by atoms with Crippen molar-refractivity contribution in [2.75, 3.05) is 14.7 Å². The van der Waals surface area contributed by atoms with E-state index >= 15 is 0 Å². The van der Waals surface area contributed by atoms with E-state index in [-0.39, 0.29) is 39.2 Å². The first kappa shape index (κ1) is 48.7. The molecule has 3 aliphatic carbocycles. The summed E-state index contributed by atoms with van der Waals surface area (Å²) in [6.45, 7) is 36.2. The lowest BCUT2D eigenvalue weighted by atomic mass is 9.32. The lowest BCUT2D eigenvalue weighted by Crippen LogP contribution is -2.57. The van der Waals surface area contributed by atoms with Crippen LogP contribution in [0.15, 0.2) is 155 Å². The molecule has 5 heteroatoms. The van der Waals surface area contributed by atoms with Crippen LogP contribution in [0.4, 0.5) is 45.5 Å². The topological polar surface area (TPSA) is 22.9 Å². The number of para-hydroxylation sites is 2. The molecule has 0 bridgehead atoms. The summed E-state index contributed by atoms with van der Waals surface area (Å²) in [6.07, 6.45) is 8.40. The molecule has 4 nitrogen and oxygen atoms in total. The zero-order chi connectivity index (χ0) is 52.2. The fraction of sp³-hybridized carbons (Fsp3) is 0.391. The van der Waals surface area contributed by atoms with E-state index in [9.17, 15) is 0 Å². The average molecular weight is 976 g/mol. The number of hydrogen-bond donors (Lipinski definition) is 0. The van der Waals surface area contributed by atoms with Crippen LogP contribution in [0.5, 0.6) is 0 Å². The highest BCUT2D eigenvalue weighted by Crippen LogP contribution is 2.60. The van der Waals surface area contributed by atoms with E-state index in [0.717, 1.165) is 52.5 Å². The fourth-order valence-corrected chi connectivity index (χ4v) is 13.9. The van der Waals surface area contributed by atoms with Gasteiger partial charge in [0.25, 0.3) is 6.71 Å². The van der Waals surface area contributed by atoms with Gasteiger partial charge in [-0.2, -0.15) is 0 Å². The number of anilines is 8. The predicted octanol–water partition coefficient (Wildman–Crippen LogP) is 18.3. The average Bonchev–Trinajstić information content (AvgIpc) is 3.78. The summed E-state index contributed by atoms with van der Waals surface area (Å²) in [4.78, 5) is 7.82. The molecule has 1 fully saturated rings. The molecule has 0 N–H and O–H groups in total. The molecule has 74 heavy (non-hydrogen) atoms. The maximum Gasteiger partial charge on any atom is 0.293 e. The van der Waals surface area contributed by atoms with Gasteiger partial charge in [-0.3, -0.25) is 0 Å². The second-order valence-corrected chi connectivity index (χ2v) is 27.7. The molecule has 0 amide bonds. The van der Waals surface area contributed by atoms with Gasteiger partial charge in [0.1, 0.15) is 5.58 Å². The van der Waals surface area contributed by atoms with E-state index < -0.39 is 0 Å². The van der Waals surface area contributed by atoms with E-state index in [2.05, 4.69) is 252 Å². The molecular weight excluding hydrogens is 898 g/mol. The predicted molar refractivity (Wildman–Crippen MR) is 317 cm³/mol. The monoisotopic (exact) mass is 976 g/mol. The van der Waals surface area contributed by atoms with Crippen LogP contribution in [0, 0.1) is 23.7 Å². The molecule has 1 aromatic heterocycles. The highest BCUT2D eigenvalue weighted by Gasteiger charge is 2.54. The Morgan fingerprint density at radius 2 is 1.12 bits per heavy atom. The van der Waals surface area contributed by atoms with Gasteiger partial charge in [-0.15, -0.1) is 0 Å². The van der Waals surface area contributed by atoms with E-state index in [1.54, 1.807) is 5.57 Å². The Bertz CT molecular complexity index is 3420. The molecule has 3 heterocycles. The molecule has 0 radical (unpaired) electrons. The van der Waals surface area contributed by atoms with Gasteiger partial charge in [-0.25, -0.2) is 0 Å². The Balaban J connectivity index is 1.25. The highest BCUT2D eigenvalue weighted by molar-refractivity contribution is 6.94. The van der Waals surface area contributed by atoms with Crippen molar-refractivity contribution in [1.29, 1.82) is 0 Å². The molecule has 0 saturated heterocycles. The Kier molecular flexibility index (Phi) is 10.8. The van der Waals surface area contributed by atoms with Gasteiger partial charge in [-0.05, 0) is 184 Å². The first-order valence-electron chi connectivity index (χ1n) is 27.8. The van der Waals surface area contributed by atoms with Crippen molar-refractivity contribution in [2.45, 2.75) is 158 Å². The van der Waals surface area contributed by atoms with Crippen LogP contribution in [0.2, 0.25) is 0 Å². The van der Waals surface area contributed by atoms with Crippen LogP contribution in [-0.2, 0) is 21.7 Å². The summed E-state index contributed by atoms with van der Waals surface area (Å²) in [5.74, 6) is 0.399. The summed E-state index contributed by atoms with van der Waals surface area (Å²) >= 11 is 0. The van der Waals surface area contributed by atoms with Gasteiger partial charge < -0.3 is 19.1 Å². The number of furan rings is 1. The van der Waals surface area contributed by atoms with Gasteiger partial charge in [0.15, 0.2) is 0 Å². The van der Waals surface area contributed by atoms with Gasteiger partial charge in [0.2, 0.25) is 0 Å². The summed E-state index contributed by atoms with van der Waals surface area (Å²) in [5.41, 5.74) is 24.2. The summed E-state index contributed by atoms with van der Waals surface area (Å²) < 4.78 is 7.60. The van der Waals surface area contributed by atoms with Gasteiger partial charge >= 0.3 is 0 Å². The normalized spacial score (nSPS) is 20.1. The summed E-state index contributed by atoms with van der Waals surface area (Å²) in [7, 11) is 0.